The van der Waals surface area contributed by atoms with Crippen LogP contribution in [0.3, 0.4) is 0 Å². The Labute approximate surface area is 105 Å². The quantitative estimate of drug-likeness (QED) is 0.905. The van der Waals surface area contributed by atoms with E-state index in [9.17, 15) is 0 Å². The molecule has 0 saturated heterocycles. The van der Waals surface area contributed by atoms with E-state index in [4.69, 9.17) is 10.5 Å². The van der Waals surface area contributed by atoms with Crippen LogP contribution in [0, 0.1) is 6.92 Å². The predicted molar refractivity (Wildman–Crippen MR) is 70.5 cm³/mol. The molecule has 1 atom stereocenters. The average Bonchev–Trinajstić information content (AvgIpc) is 2.81. The normalized spacial score (nSPS) is 12.4. The number of methoxy groups -OCH3 is 1. The van der Waals surface area contributed by atoms with Gasteiger partial charge in [0.15, 0.2) is 0 Å². The first-order valence-electron chi connectivity index (χ1n) is 5.48. The molecule has 0 aliphatic heterocycles. The lowest BCUT2D eigenvalue weighted by atomic mass is 10.1. The van der Waals surface area contributed by atoms with Crippen molar-refractivity contribution in [1.82, 2.24) is 4.98 Å². The predicted octanol–water partition coefficient (Wildman–Crippen LogP) is 2.70. The number of nitrogens with two attached hydrogens (primary N) is 1. The van der Waals surface area contributed by atoms with E-state index in [0.29, 0.717) is 0 Å². The maximum Gasteiger partial charge on any atom is 0.129 e. The third kappa shape index (κ3) is 3.05. The lowest BCUT2D eigenvalue weighted by Crippen LogP contribution is -2.12. The zero-order valence-electron chi connectivity index (χ0n) is 10.0. The Balaban J connectivity index is 2.05. The smallest absolute Gasteiger partial charge is 0.129 e. The highest BCUT2D eigenvalue weighted by atomic mass is 32.1. The van der Waals surface area contributed by atoms with Crippen molar-refractivity contribution in [3.05, 3.63) is 45.9 Å². The average molecular weight is 248 g/mol. The van der Waals surface area contributed by atoms with E-state index in [2.05, 4.69) is 11.1 Å². The second-order valence-electron chi connectivity index (χ2n) is 4.03. The minimum atomic E-state index is -0.0147. The Morgan fingerprint density at radius 2 is 2.29 bits per heavy atom. The molecule has 4 heteroatoms. The van der Waals surface area contributed by atoms with Crippen molar-refractivity contribution in [3.63, 3.8) is 0 Å². The van der Waals surface area contributed by atoms with Gasteiger partial charge in [-0.2, -0.15) is 0 Å². The van der Waals surface area contributed by atoms with Crippen LogP contribution in [0.2, 0.25) is 0 Å². The van der Waals surface area contributed by atoms with Crippen LogP contribution in [0.4, 0.5) is 0 Å². The zero-order valence-corrected chi connectivity index (χ0v) is 10.8. The van der Waals surface area contributed by atoms with Gasteiger partial charge in [0.25, 0.3) is 0 Å². The molecular weight excluding hydrogens is 232 g/mol. The van der Waals surface area contributed by atoms with Crippen molar-refractivity contribution in [1.29, 1.82) is 0 Å². The summed E-state index contributed by atoms with van der Waals surface area (Å²) in [6.45, 7) is 2.03. The topological polar surface area (TPSA) is 48.1 Å². The molecule has 0 spiro atoms. The molecular formula is C13H16N2OS. The van der Waals surface area contributed by atoms with E-state index in [1.807, 2.05) is 30.6 Å². The van der Waals surface area contributed by atoms with Crippen LogP contribution in [0.5, 0.6) is 5.75 Å². The lowest BCUT2D eigenvalue weighted by Gasteiger charge is -2.08. The highest BCUT2D eigenvalue weighted by Crippen LogP contribution is 2.27. The van der Waals surface area contributed by atoms with Crippen molar-refractivity contribution in [2.24, 2.45) is 5.73 Å². The van der Waals surface area contributed by atoms with Crippen molar-refractivity contribution < 1.29 is 4.74 Å². The van der Waals surface area contributed by atoms with E-state index < -0.39 is 0 Å². The van der Waals surface area contributed by atoms with Gasteiger partial charge in [-0.25, -0.2) is 0 Å². The Hall–Kier alpha value is -1.39. The number of aromatic nitrogens is 1. The van der Waals surface area contributed by atoms with Crippen LogP contribution in [-0.2, 0) is 6.42 Å². The molecule has 0 radical (unpaired) electrons. The van der Waals surface area contributed by atoms with E-state index in [0.717, 1.165) is 22.7 Å². The number of hydrogen-bond donors (Lipinski definition) is 1. The Morgan fingerprint density at radius 3 is 2.88 bits per heavy atom. The second-order valence-corrected chi connectivity index (χ2v) is 4.97. The molecule has 2 heterocycles. The molecule has 0 aliphatic carbocycles. The third-order valence-electron chi connectivity index (χ3n) is 2.60. The molecule has 0 aromatic carbocycles. The van der Waals surface area contributed by atoms with Gasteiger partial charge in [-0.1, -0.05) is 6.07 Å². The standard InChI is InChI=1S/C13H16N2OS/c1-9-3-4-10(15-7-9)5-12(14)13-6-11(16-2)8-17-13/h3-4,6-8,12H,5,14H2,1-2H3. The van der Waals surface area contributed by atoms with Gasteiger partial charge in [-0.05, 0) is 24.6 Å². The maximum atomic E-state index is 6.15. The fourth-order valence-corrected chi connectivity index (χ4v) is 2.44. The van der Waals surface area contributed by atoms with E-state index in [-0.39, 0.29) is 6.04 Å². The Morgan fingerprint density at radius 1 is 1.47 bits per heavy atom. The summed E-state index contributed by atoms with van der Waals surface area (Å²) in [4.78, 5) is 5.49. The SMILES string of the molecule is COc1csc(C(N)Cc2ccc(C)cn2)c1. The molecule has 2 N–H and O–H groups in total. The lowest BCUT2D eigenvalue weighted by molar-refractivity contribution is 0.416. The number of thiophene rings is 1. The number of pyridine rings is 1. The summed E-state index contributed by atoms with van der Waals surface area (Å²) in [6.07, 6.45) is 2.63. The number of hydrogen-bond acceptors (Lipinski definition) is 4. The largest absolute Gasteiger partial charge is 0.496 e. The van der Waals surface area contributed by atoms with Gasteiger partial charge in [0.1, 0.15) is 5.75 Å². The first-order valence-corrected chi connectivity index (χ1v) is 6.36. The minimum Gasteiger partial charge on any atom is -0.496 e. The first-order chi connectivity index (χ1) is 8.19. The van der Waals surface area contributed by atoms with E-state index >= 15 is 0 Å². The van der Waals surface area contributed by atoms with Crippen molar-refractivity contribution in [3.8, 4) is 5.75 Å². The molecule has 2 aromatic heterocycles. The van der Waals surface area contributed by atoms with Gasteiger partial charge in [0.2, 0.25) is 0 Å². The highest BCUT2D eigenvalue weighted by molar-refractivity contribution is 7.10. The molecule has 0 fully saturated rings. The van der Waals surface area contributed by atoms with Crippen molar-refractivity contribution >= 4 is 11.3 Å². The van der Waals surface area contributed by atoms with Gasteiger partial charge >= 0.3 is 0 Å². The second kappa shape index (κ2) is 5.29. The highest BCUT2D eigenvalue weighted by Gasteiger charge is 2.11. The van der Waals surface area contributed by atoms with Gasteiger partial charge in [-0.15, -0.1) is 11.3 Å². The number of nitrogens with zero attached hydrogens (tertiary/aromatic N) is 1. The van der Waals surface area contributed by atoms with E-state index in [1.54, 1.807) is 18.4 Å². The molecule has 90 valence electrons. The number of ether oxygens (including phenoxy) is 1. The van der Waals surface area contributed by atoms with Gasteiger partial charge < -0.3 is 10.5 Å². The maximum absolute atomic E-state index is 6.15. The zero-order chi connectivity index (χ0) is 12.3. The first kappa shape index (κ1) is 12.1. The monoisotopic (exact) mass is 248 g/mol. The molecule has 0 bridgehead atoms. The van der Waals surface area contributed by atoms with Crippen molar-refractivity contribution in [2.45, 2.75) is 19.4 Å². The molecule has 0 aliphatic rings. The summed E-state index contributed by atoms with van der Waals surface area (Å²) in [5, 5.41) is 1.97. The van der Waals surface area contributed by atoms with Gasteiger partial charge in [-0.3, -0.25) is 4.98 Å². The summed E-state index contributed by atoms with van der Waals surface area (Å²) in [7, 11) is 1.67. The van der Waals surface area contributed by atoms with Gasteiger partial charge in [0, 0.05) is 34.6 Å². The summed E-state index contributed by atoms with van der Waals surface area (Å²) in [5.41, 5.74) is 8.34. The van der Waals surface area contributed by atoms with Gasteiger partial charge in [0.05, 0.1) is 7.11 Å². The molecule has 0 amide bonds. The van der Waals surface area contributed by atoms with Crippen molar-refractivity contribution in [2.75, 3.05) is 7.11 Å². The van der Waals surface area contributed by atoms with Crippen LogP contribution in [0.1, 0.15) is 22.2 Å². The molecule has 17 heavy (non-hydrogen) atoms. The summed E-state index contributed by atoms with van der Waals surface area (Å²) < 4.78 is 5.15. The summed E-state index contributed by atoms with van der Waals surface area (Å²) in [5.74, 6) is 0.873. The fraction of sp³-hybridized carbons (Fsp3) is 0.308. The van der Waals surface area contributed by atoms with Crippen LogP contribution < -0.4 is 10.5 Å². The molecule has 1 unspecified atom stereocenters. The van der Waals surface area contributed by atoms with Crippen LogP contribution in [-0.4, -0.2) is 12.1 Å². The minimum absolute atomic E-state index is 0.0147. The molecule has 2 rings (SSSR count). The fourth-order valence-electron chi connectivity index (χ4n) is 1.58. The van der Waals surface area contributed by atoms with Crippen LogP contribution in [0.25, 0.3) is 0 Å². The summed E-state index contributed by atoms with van der Waals surface area (Å²) >= 11 is 1.63. The van der Waals surface area contributed by atoms with E-state index in [1.165, 1.54) is 5.56 Å². The molecule has 3 nitrogen and oxygen atoms in total. The van der Waals surface area contributed by atoms with Crippen LogP contribution in [0.15, 0.2) is 29.8 Å². The third-order valence-corrected chi connectivity index (χ3v) is 3.64. The number of aryl methyl sites for hydroxylation is 1. The summed E-state index contributed by atoms with van der Waals surface area (Å²) in [6, 6.07) is 6.06. The number of rotatable bonds is 4. The molecule has 0 saturated carbocycles. The van der Waals surface area contributed by atoms with Crippen LogP contribution >= 0.6 is 11.3 Å². The Bertz CT molecular complexity index is 478. The Kier molecular flexibility index (Phi) is 3.76. The molecule has 2 aromatic rings.